The Bertz CT molecular complexity index is 1290. The SMILES string of the molecule is CCn1c(=O)c2c(c(C(=O)O)cn2-c2cnn(CC3CC3)c2)c2ccccc21. The van der Waals surface area contributed by atoms with Crippen molar-refractivity contribution < 1.29 is 9.90 Å². The maximum atomic E-state index is 13.3. The van der Waals surface area contributed by atoms with Gasteiger partial charge in [0.25, 0.3) is 5.56 Å². The van der Waals surface area contributed by atoms with Crippen molar-refractivity contribution in [3.63, 3.8) is 0 Å². The van der Waals surface area contributed by atoms with Crippen LogP contribution in [-0.4, -0.2) is 30.0 Å². The Balaban J connectivity index is 1.85. The van der Waals surface area contributed by atoms with Gasteiger partial charge in [-0.15, -0.1) is 0 Å². The predicted octanol–water partition coefficient (Wildman–Crippen LogP) is 3.27. The van der Waals surface area contributed by atoms with Gasteiger partial charge in [0.2, 0.25) is 0 Å². The highest BCUT2D eigenvalue weighted by Gasteiger charge is 2.24. The Morgan fingerprint density at radius 3 is 2.75 bits per heavy atom. The fourth-order valence-corrected chi connectivity index (χ4v) is 3.97. The number of carbonyl (C=O) groups is 1. The summed E-state index contributed by atoms with van der Waals surface area (Å²) in [5, 5.41) is 15.5. The van der Waals surface area contributed by atoms with Crippen molar-refractivity contribution in [1.29, 1.82) is 0 Å². The Labute approximate surface area is 160 Å². The number of para-hydroxylation sites is 1. The molecule has 1 aliphatic rings. The zero-order chi connectivity index (χ0) is 19.4. The van der Waals surface area contributed by atoms with Crippen LogP contribution in [0, 0.1) is 5.92 Å². The number of fused-ring (bicyclic) bond motifs is 3. The van der Waals surface area contributed by atoms with E-state index in [1.807, 2.05) is 42.1 Å². The van der Waals surface area contributed by atoms with E-state index >= 15 is 0 Å². The van der Waals surface area contributed by atoms with Crippen LogP contribution in [-0.2, 0) is 13.1 Å². The summed E-state index contributed by atoms with van der Waals surface area (Å²) in [7, 11) is 0. The number of pyridine rings is 1. The highest BCUT2D eigenvalue weighted by atomic mass is 16.4. The van der Waals surface area contributed by atoms with Crippen molar-refractivity contribution in [2.24, 2.45) is 5.92 Å². The lowest BCUT2D eigenvalue weighted by molar-refractivity contribution is 0.0699. The second kappa shape index (κ2) is 6.09. The summed E-state index contributed by atoms with van der Waals surface area (Å²) in [6, 6.07) is 7.45. The van der Waals surface area contributed by atoms with E-state index < -0.39 is 5.97 Å². The normalized spacial score (nSPS) is 14.2. The van der Waals surface area contributed by atoms with Crippen LogP contribution in [0.1, 0.15) is 30.1 Å². The fourth-order valence-electron chi connectivity index (χ4n) is 3.97. The standard InChI is InChI=1S/C21H20N4O3/c1-2-24-17-6-4-3-5-15(17)18-16(21(27)28)12-25(19(18)20(24)26)14-9-22-23(11-14)10-13-7-8-13/h3-6,9,11-13H,2,7-8,10H2,1H3,(H,27,28). The summed E-state index contributed by atoms with van der Waals surface area (Å²) in [5.74, 6) is -0.377. The molecular formula is C21H20N4O3. The van der Waals surface area contributed by atoms with Gasteiger partial charge in [-0.05, 0) is 31.7 Å². The third-order valence-electron chi connectivity index (χ3n) is 5.50. The van der Waals surface area contributed by atoms with Crippen LogP contribution in [0.15, 0.2) is 47.7 Å². The summed E-state index contributed by atoms with van der Waals surface area (Å²) >= 11 is 0. The van der Waals surface area contributed by atoms with Crippen LogP contribution in [0.3, 0.4) is 0 Å². The van der Waals surface area contributed by atoms with E-state index in [4.69, 9.17) is 0 Å². The average molecular weight is 376 g/mol. The molecule has 4 aromatic rings. The average Bonchev–Trinajstić information content (AvgIpc) is 3.22. The smallest absolute Gasteiger partial charge is 0.337 e. The lowest BCUT2D eigenvalue weighted by Gasteiger charge is -2.11. The molecule has 1 N–H and O–H groups in total. The Morgan fingerprint density at radius 2 is 2.04 bits per heavy atom. The van der Waals surface area contributed by atoms with E-state index in [1.54, 1.807) is 21.5 Å². The number of aromatic carboxylic acids is 1. The molecule has 7 heteroatoms. The first-order valence-electron chi connectivity index (χ1n) is 9.51. The highest BCUT2D eigenvalue weighted by Crippen LogP contribution is 2.32. The lowest BCUT2D eigenvalue weighted by Crippen LogP contribution is -2.21. The fraction of sp³-hybridized carbons (Fsp3) is 0.286. The minimum absolute atomic E-state index is 0.126. The highest BCUT2D eigenvalue weighted by molar-refractivity contribution is 6.15. The molecule has 1 aromatic carbocycles. The summed E-state index contributed by atoms with van der Waals surface area (Å²) in [5.41, 5.74) is 1.75. The molecule has 0 radical (unpaired) electrons. The quantitative estimate of drug-likeness (QED) is 0.580. The van der Waals surface area contributed by atoms with Gasteiger partial charge in [0.15, 0.2) is 0 Å². The molecular weight excluding hydrogens is 356 g/mol. The van der Waals surface area contributed by atoms with Crippen molar-refractivity contribution in [2.75, 3.05) is 0 Å². The number of hydrogen-bond donors (Lipinski definition) is 1. The second-order valence-electron chi connectivity index (χ2n) is 7.37. The van der Waals surface area contributed by atoms with Crippen molar-refractivity contribution in [1.82, 2.24) is 18.9 Å². The molecule has 5 rings (SSSR count). The second-order valence-corrected chi connectivity index (χ2v) is 7.37. The molecule has 28 heavy (non-hydrogen) atoms. The summed E-state index contributed by atoms with van der Waals surface area (Å²) in [4.78, 5) is 25.3. The zero-order valence-electron chi connectivity index (χ0n) is 15.5. The third-order valence-corrected chi connectivity index (χ3v) is 5.50. The van der Waals surface area contributed by atoms with E-state index in [1.165, 1.54) is 12.8 Å². The molecule has 0 saturated heterocycles. The summed E-state index contributed by atoms with van der Waals surface area (Å²) < 4.78 is 5.24. The monoisotopic (exact) mass is 376 g/mol. The topological polar surface area (TPSA) is 82.0 Å². The number of carboxylic acids is 1. The van der Waals surface area contributed by atoms with E-state index in [-0.39, 0.29) is 11.1 Å². The first kappa shape index (κ1) is 16.8. The van der Waals surface area contributed by atoms with E-state index in [2.05, 4.69) is 5.10 Å². The molecule has 0 atom stereocenters. The van der Waals surface area contributed by atoms with Crippen molar-refractivity contribution in [3.8, 4) is 5.69 Å². The van der Waals surface area contributed by atoms with Crippen LogP contribution in [0.25, 0.3) is 27.5 Å². The van der Waals surface area contributed by atoms with Crippen LogP contribution in [0.4, 0.5) is 0 Å². The van der Waals surface area contributed by atoms with Gasteiger partial charge in [-0.1, -0.05) is 18.2 Å². The molecule has 0 bridgehead atoms. The van der Waals surface area contributed by atoms with Crippen LogP contribution in [0.2, 0.25) is 0 Å². The number of nitrogens with zero attached hydrogens (tertiary/aromatic N) is 4. The van der Waals surface area contributed by atoms with Gasteiger partial charge >= 0.3 is 5.97 Å². The molecule has 0 spiro atoms. The number of aryl methyl sites for hydroxylation is 1. The van der Waals surface area contributed by atoms with Crippen LogP contribution >= 0.6 is 0 Å². The molecule has 0 unspecified atom stereocenters. The molecule has 142 valence electrons. The molecule has 7 nitrogen and oxygen atoms in total. The van der Waals surface area contributed by atoms with E-state index in [0.717, 1.165) is 17.4 Å². The number of benzene rings is 1. The summed E-state index contributed by atoms with van der Waals surface area (Å²) in [6.45, 7) is 3.27. The molecule has 0 amide bonds. The van der Waals surface area contributed by atoms with E-state index in [0.29, 0.717) is 29.1 Å². The third kappa shape index (κ3) is 2.46. The zero-order valence-corrected chi connectivity index (χ0v) is 15.5. The van der Waals surface area contributed by atoms with Crippen molar-refractivity contribution >= 4 is 27.8 Å². The van der Waals surface area contributed by atoms with Crippen LogP contribution in [0.5, 0.6) is 0 Å². The van der Waals surface area contributed by atoms with Crippen molar-refractivity contribution in [3.05, 3.63) is 58.8 Å². The summed E-state index contributed by atoms with van der Waals surface area (Å²) in [6.07, 6.45) is 7.56. The first-order valence-corrected chi connectivity index (χ1v) is 9.51. The number of aromatic nitrogens is 4. The van der Waals surface area contributed by atoms with Gasteiger partial charge < -0.3 is 14.2 Å². The maximum Gasteiger partial charge on any atom is 0.337 e. The molecule has 3 aromatic heterocycles. The van der Waals surface area contributed by atoms with Gasteiger partial charge in [0.1, 0.15) is 5.52 Å². The largest absolute Gasteiger partial charge is 0.478 e. The number of rotatable bonds is 5. The first-order chi connectivity index (χ1) is 13.6. The predicted molar refractivity (Wildman–Crippen MR) is 106 cm³/mol. The van der Waals surface area contributed by atoms with Crippen LogP contribution < -0.4 is 5.56 Å². The minimum atomic E-state index is -1.05. The maximum absolute atomic E-state index is 13.3. The van der Waals surface area contributed by atoms with Gasteiger partial charge in [0, 0.05) is 36.3 Å². The van der Waals surface area contributed by atoms with E-state index in [9.17, 15) is 14.7 Å². The molecule has 0 aliphatic heterocycles. The minimum Gasteiger partial charge on any atom is -0.478 e. The number of hydrogen-bond acceptors (Lipinski definition) is 3. The van der Waals surface area contributed by atoms with Gasteiger partial charge in [-0.2, -0.15) is 5.10 Å². The molecule has 1 fully saturated rings. The van der Waals surface area contributed by atoms with Gasteiger partial charge in [0.05, 0.1) is 23.0 Å². The van der Waals surface area contributed by atoms with Gasteiger partial charge in [-0.25, -0.2) is 4.79 Å². The molecule has 3 heterocycles. The molecule has 1 aliphatic carbocycles. The number of carboxylic acid groups (broad SMARTS) is 1. The molecule has 1 saturated carbocycles. The Morgan fingerprint density at radius 1 is 1.25 bits per heavy atom. The Kier molecular flexibility index (Phi) is 3.65. The Hall–Kier alpha value is -3.35. The lowest BCUT2D eigenvalue weighted by atomic mass is 10.1. The van der Waals surface area contributed by atoms with Crippen molar-refractivity contribution in [2.45, 2.75) is 32.9 Å². The van der Waals surface area contributed by atoms with Gasteiger partial charge in [-0.3, -0.25) is 9.48 Å².